The zero-order valence-electron chi connectivity index (χ0n) is 20.7. The average molecular weight is 515 g/mol. The van der Waals surface area contributed by atoms with Crippen molar-refractivity contribution in [1.29, 1.82) is 0 Å². The molecule has 1 aliphatic rings. The molecule has 8 nitrogen and oxygen atoms in total. The van der Waals surface area contributed by atoms with Crippen LogP contribution in [0.25, 0.3) is 33.7 Å². The van der Waals surface area contributed by atoms with Crippen molar-refractivity contribution in [1.82, 2.24) is 24.5 Å². The normalized spacial score (nSPS) is 13.9. The van der Waals surface area contributed by atoms with Gasteiger partial charge in [-0.3, -0.25) is 9.55 Å². The van der Waals surface area contributed by atoms with Gasteiger partial charge in [0.1, 0.15) is 24.0 Å². The molecule has 0 fully saturated rings. The van der Waals surface area contributed by atoms with Crippen molar-refractivity contribution >= 4 is 17.0 Å². The zero-order valence-corrected chi connectivity index (χ0v) is 20.7. The number of hydrogen-bond donors (Lipinski definition) is 2. The molecule has 10 heteroatoms. The highest BCUT2D eigenvalue weighted by atomic mass is 19.1. The standard InChI is InChI=1S/C28H24F2N6O2/c1-28(2)15-38-27-33-23-25(34-24(35-26(23)36(27)28)17-12-18(29)14-31-13-17)32-10-9-16-7-8-22(37)20(11-16)19-5-3-4-6-21(19)30/h3-8,11-14,37H,9-10,15H2,1-2H3,(H,32,34,35). The quantitative estimate of drug-likeness (QED) is 0.316. The van der Waals surface area contributed by atoms with E-state index in [1.807, 2.05) is 18.4 Å². The number of nitrogens with one attached hydrogen (secondary N) is 1. The minimum Gasteiger partial charge on any atom is -0.507 e. The van der Waals surface area contributed by atoms with Gasteiger partial charge in [0.2, 0.25) is 0 Å². The van der Waals surface area contributed by atoms with E-state index in [1.54, 1.807) is 36.4 Å². The van der Waals surface area contributed by atoms with Gasteiger partial charge in [-0.2, -0.15) is 4.98 Å². The molecule has 0 bridgehead atoms. The summed E-state index contributed by atoms with van der Waals surface area (Å²) >= 11 is 0. The molecule has 1 aliphatic heterocycles. The molecule has 6 rings (SSSR count). The number of imidazole rings is 1. The Morgan fingerprint density at radius 3 is 2.68 bits per heavy atom. The molecule has 0 radical (unpaired) electrons. The average Bonchev–Trinajstić information content (AvgIpc) is 3.42. The molecule has 0 unspecified atom stereocenters. The summed E-state index contributed by atoms with van der Waals surface area (Å²) in [6, 6.07) is 13.2. The maximum atomic E-state index is 14.3. The van der Waals surface area contributed by atoms with Crippen molar-refractivity contribution in [3.05, 3.63) is 78.1 Å². The van der Waals surface area contributed by atoms with Crippen LogP contribution in [0.1, 0.15) is 19.4 Å². The van der Waals surface area contributed by atoms with Crippen LogP contribution in [0.3, 0.4) is 0 Å². The molecule has 0 saturated carbocycles. The second-order valence-corrected chi connectivity index (χ2v) is 9.80. The van der Waals surface area contributed by atoms with Crippen molar-refractivity contribution in [3.63, 3.8) is 0 Å². The fraction of sp³-hybridized carbons (Fsp3) is 0.214. The second kappa shape index (κ2) is 9.05. The number of ether oxygens (including phenoxy) is 1. The minimum atomic E-state index is -0.485. The maximum Gasteiger partial charge on any atom is 0.299 e. The Bertz CT molecular complexity index is 1680. The number of pyridine rings is 1. The predicted octanol–water partition coefficient (Wildman–Crippen LogP) is 5.32. The first-order chi connectivity index (χ1) is 18.3. The predicted molar refractivity (Wildman–Crippen MR) is 139 cm³/mol. The second-order valence-electron chi connectivity index (χ2n) is 9.80. The number of aromatic hydroxyl groups is 1. The molecule has 0 aliphatic carbocycles. The van der Waals surface area contributed by atoms with Crippen molar-refractivity contribution < 1.29 is 18.6 Å². The van der Waals surface area contributed by atoms with Gasteiger partial charge in [0, 0.05) is 29.4 Å². The molecular weight excluding hydrogens is 490 g/mol. The highest BCUT2D eigenvalue weighted by Crippen LogP contribution is 2.37. The lowest BCUT2D eigenvalue weighted by Gasteiger charge is -2.18. The summed E-state index contributed by atoms with van der Waals surface area (Å²) in [6.45, 7) is 4.98. The summed E-state index contributed by atoms with van der Waals surface area (Å²) in [5.74, 6) is -0.0972. The number of rotatable bonds is 6. The Hall–Kier alpha value is -4.60. The number of aromatic nitrogens is 5. The molecule has 0 atom stereocenters. The zero-order chi connectivity index (χ0) is 26.4. The minimum absolute atomic E-state index is 0.00723. The topological polar surface area (TPSA) is 98.0 Å². The van der Waals surface area contributed by atoms with E-state index in [9.17, 15) is 13.9 Å². The number of benzene rings is 2. The maximum absolute atomic E-state index is 14.3. The molecule has 38 heavy (non-hydrogen) atoms. The summed E-state index contributed by atoms with van der Waals surface area (Å²) < 4.78 is 36.0. The summed E-state index contributed by atoms with van der Waals surface area (Å²) in [4.78, 5) is 17.9. The highest BCUT2D eigenvalue weighted by molar-refractivity contribution is 5.86. The van der Waals surface area contributed by atoms with E-state index in [-0.39, 0.29) is 11.3 Å². The van der Waals surface area contributed by atoms with Crippen molar-refractivity contribution in [2.45, 2.75) is 25.8 Å². The van der Waals surface area contributed by atoms with Crippen molar-refractivity contribution in [2.75, 3.05) is 18.5 Å². The monoisotopic (exact) mass is 514 g/mol. The molecular formula is C28H24F2N6O2. The van der Waals surface area contributed by atoms with Gasteiger partial charge in [-0.15, -0.1) is 0 Å². The first kappa shape index (κ1) is 23.8. The SMILES string of the molecule is CC1(C)COc2nc3c(NCCc4ccc(O)c(-c5ccccc5F)c4)nc(-c4cncc(F)c4)nc3n21. The number of phenols is 1. The van der Waals surface area contributed by atoms with Gasteiger partial charge in [-0.1, -0.05) is 24.3 Å². The number of halogens is 2. The van der Waals surface area contributed by atoms with Crippen LogP contribution in [-0.4, -0.2) is 42.8 Å². The lowest BCUT2D eigenvalue weighted by Crippen LogP contribution is -2.25. The summed E-state index contributed by atoms with van der Waals surface area (Å²) in [6.07, 6.45) is 3.19. The first-order valence-corrected chi connectivity index (χ1v) is 12.2. The Labute approximate surface area is 217 Å². The molecule has 192 valence electrons. The van der Waals surface area contributed by atoms with E-state index in [1.165, 1.54) is 18.3 Å². The third kappa shape index (κ3) is 4.17. The van der Waals surface area contributed by atoms with E-state index in [2.05, 4.69) is 20.3 Å². The van der Waals surface area contributed by atoms with E-state index >= 15 is 0 Å². The molecule has 5 aromatic rings. The van der Waals surface area contributed by atoms with E-state index in [0.717, 1.165) is 11.8 Å². The van der Waals surface area contributed by atoms with Crippen LogP contribution in [0.4, 0.5) is 14.6 Å². The van der Waals surface area contributed by atoms with Gasteiger partial charge in [-0.05, 0) is 50.1 Å². The molecule has 0 spiro atoms. The fourth-order valence-electron chi connectivity index (χ4n) is 4.63. The molecule has 2 N–H and O–H groups in total. The van der Waals surface area contributed by atoms with Gasteiger partial charge in [-0.25, -0.2) is 18.7 Å². The van der Waals surface area contributed by atoms with Crippen LogP contribution >= 0.6 is 0 Å². The van der Waals surface area contributed by atoms with Gasteiger partial charge in [0.05, 0.1) is 11.7 Å². The van der Waals surface area contributed by atoms with E-state index in [4.69, 9.17) is 9.72 Å². The summed E-state index contributed by atoms with van der Waals surface area (Å²) in [5.41, 5.74) is 2.84. The Morgan fingerprint density at radius 2 is 1.87 bits per heavy atom. The van der Waals surface area contributed by atoms with Crippen LogP contribution < -0.4 is 10.1 Å². The number of fused-ring (bicyclic) bond motifs is 3. The molecule has 3 aromatic heterocycles. The van der Waals surface area contributed by atoms with Gasteiger partial charge >= 0.3 is 0 Å². The van der Waals surface area contributed by atoms with Crippen molar-refractivity contribution in [2.24, 2.45) is 0 Å². The van der Waals surface area contributed by atoms with Crippen LogP contribution in [-0.2, 0) is 12.0 Å². The summed E-state index contributed by atoms with van der Waals surface area (Å²) in [7, 11) is 0. The van der Waals surface area contributed by atoms with Crippen LogP contribution in [0.5, 0.6) is 11.8 Å². The van der Waals surface area contributed by atoms with Crippen LogP contribution in [0.2, 0.25) is 0 Å². The third-order valence-electron chi connectivity index (χ3n) is 6.53. The van der Waals surface area contributed by atoms with Crippen LogP contribution in [0.15, 0.2) is 60.9 Å². The lowest BCUT2D eigenvalue weighted by atomic mass is 10.00. The highest BCUT2D eigenvalue weighted by Gasteiger charge is 2.36. The Balaban J connectivity index is 1.33. The smallest absolute Gasteiger partial charge is 0.299 e. The summed E-state index contributed by atoms with van der Waals surface area (Å²) in [5, 5.41) is 13.7. The van der Waals surface area contributed by atoms with E-state index < -0.39 is 11.6 Å². The van der Waals surface area contributed by atoms with Gasteiger partial charge in [0.25, 0.3) is 6.01 Å². The fourth-order valence-corrected chi connectivity index (χ4v) is 4.63. The van der Waals surface area contributed by atoms with Crippen molar-refractivity contribution in [3.8, 4) is 34.3 Å². The van der Waals surface area contributed by atoms with E-state index in [0.29, 0.717) is 65.1 Å². The lowest BCUT2D eigenvalue weighted by molar-refractivity contribution is 0.268. The van der Waals surface area contributed by atoms with Gasteiger partial charge in [0.15, 0.2) is 22.8 Å². The number of nitrogens with zero attached hydrogens (tertiary/aromatic N) is 5. The number of phenolic OH excluding ortho intramolecular Hbond substituents is 1. The molecule has 0 saturated heterocycles. The number of hydrogen-bond acceptors (Lipinski definition) is 7. The van der Waals surface area contributed by atoms with Crippen LogP contribution in [0, 0.1) is 11.6 Å². The molecule has 0 amide bonds. The Morgan fingerprint density at radius 1 is 1.03 bits per heavy atom. The first-order valence-electron chi connectivity index (χ1n) is 12.2. The third-order valence-corrected chi connectivity index (χ3v) is 6.53. The molecule has 2 aromatic carbocycles. The van der Waals surface area contributed by atoms with Gasteiger partial charge < -0.3 is 15.2 Å². The number of anilines is 1. The largest absolute Gasteiger partial charge is 0.507 e. The Kier molecular flexibility index (Phi) is 5.67. The molecule has 4 heterocycles.